The molecule has 1 heterocycles. The second-order valence-corrected chi connectivity index (χ2v) is 6.33. The van der Waals surface area contributed by atoms with Crippen LogP contribution in [0.2, 0.25) is 10.0 Å². The van der Waals surface area contributed by atoms with E-state index in [-0.39, 0.29) is 12.0 Å². The van der Waals surface area contributed by atoms with Crippen molar-refractivity contribution in [3.8, 4) is 5.75 Å². The maximum Gasteiger partial charge on any atom is 0.242 e. The number of likely N-dealkylation sites (tertiary alicyclic amines) is 1. The first-order chi connectivity index (χ1) is 9.48. The Morgan fingerprint density at radius 2 is 2.10 bits per heavy atom. The van der Waals surface area contributed by atoms with E-state index in [2.05, 4.69) is 0 Å². The van der Waals surface area contributed by atoms with Crippen molar-refractivity contribution in [1.29, 1.82) is 0 Å². The molecule has 1 aliphatic heterocycles. The van der Waals surface area contributed by atoms with Crippen molar-refractivity contribution in [1.82, 2.24) is 4.90 Å². The summed E-state index contributed by atoms with van der Waals surface area (Å²) in [6.07, 6.45) is 2.38. The van der Waals surface area contributed by atoms with Crippen molar-refractivity contribution in [3.05, 3.63) is 28.2 Å². The summed E-state index contributed by atoms with van der Waals surface area (Å²) in [7, 11) is 0. The van der Waals surface area contributed by atoms with Gasteiger partial charge in [0.1, 0.15) is 11.9 Å². The first-order valence-corrected chi connectivity index (χ1v) is 7.43. The van der Waals surface area contributed by atoms with Crippen LogP contribution in [0.1, 0.15) is 19.3 Å². The van der Waals surface area contributed by atoms with Gasteiger partial charge in [0, 0.05) is 19.0 Å². The van der Waals surface area contributed by atoms with Crippen LogP contribution < -0.4 is 10.5 Å². The van der Waals surface area contributed by atoms with Crippen LogP contribution in [0.25, 0.3) is 0 Å². The van der Waals surface area contributed by atoms with E-state index < -0.39 is 5.54 Å². The standard InChI is InChI=1S/C14H16Cl2N2O2/c15-11-2-1-9(7-12(11)16)20-10-3-6-18(8-10)13(19)14(17)4-5-14/h1-2,7,10H,3-6,8,17H2. The molecule has 1 atom stereocenters. The molecule has 2 N–H and O–H groups in total. The molecule has 1 saturated heterocycles. The number of nitrogens with two attached hydrogens (primary N) is 1. The van der Waals surface area contributed by atoms with Crippen LogP contribution in [0.4, 0.5) is 0 Å². The quantitative estimate of drug-likeness (QED) is 0.932. The monoisotopic (exact) mass is 314 g/mol. The molecule has 108 valence electrons. The normalized spacial score (nSPS) is 23.8. The fourth-order valence-corrected chi connectivity index (χ4v) is 2.70. The van der Waals surface area contributed by atoms with Crippen LogP contribution in [0.3, 0.4) is 0 Å². The lowest BCUT2D eigenvalue weighted by atomic mass is 10.2. The summed E-state index contributed by atoms with van der Waals surface area (Å²) in [6.45, 7) is 1.28. The van der Waals surface area contributed by atoms with Crippen molar-refractivity contribution >= 4 is 29.1 Å². The van der Waals surface area contributed by atoms with Crippen LogP contribution in [0, 0.1) is 0 Å². The van der Waals surface area contributed by atoms with Gasteiger partial charge in [-0.2, -0.15) is 0 Å². The lowest BCUT2D eigenvalue weighted by Gasteiger charge is -2.20. The average Bonchev–Trinajstić information content (AvgIpc) is 3.00. The molecule has 1 saturated carbocycles. The second kappa shape index (κ2) is 5.10. The summed E-state index contributed by atoms with van der Waals surface area (Å²) >= 11 is 11.8. The second-order valence-electron chi connectivity index (χ2n) is 5.51. The largest absolute Gasteiger partial charge is 0.488 e. The molecule has 1 aromatic rings. The Hall–Kier alpha value is -0.970. The van der Waals surface area contributed by atoms with E-state index in [0.29, 0.717) is 28.9 Å². The summed E-state index contributed by atoms with van der Waals surface area (Å²) < 4.78 is 5.85. The van der Waals surface area contributed by atoms with Crippen molar-refractivity contribution in [3.63, 3.8) is 0 Å². The predicted molar refractivity (Wildman–Crippen MR) is 78.2 cm³/mol. The molecule has 0 aromatic heterocycles. The molecule has 2 aliphatic rings. The number of ether oxygens (including phenoxy) is 1. The van der Waals surface area contributed by atoms with E-state index in [1.54, 1.807) is 23.1 Å². The summed E-state index contributed by atoms with van der Waals surface area (Å²) in [5, 5.41) is 0.968. The van der Waals surface area contributed by atoms with E-state index >= 15 is 0 Å². The van der Waals surface area contributed by atoms with Crippen LogP contribution in [0.15, 0.2) is 18.2 Å². The van der Waals surface area contributed by atoms with Gasteiger partial charge in [0.2, 0.25) is 5.91 Å². The zero-order chi connectivity index (χ0) is 14.3. The van der Waals surface area contributed by atoms with Gasteiger partial charge in [0.25, 0.3) is 0 Å². The number of hydrogen-bond donors (Lipinski definition) is 1. The number of hydrogen-bond acceptors (Lipinski definition) is 3. The molecular formula is C14H16Cl2N2O2. The molecule has 4 nitrogen and oxygen atoms in total. The molecule has 1 unspecified atom stereocenters. The maximum atomic E-state index is 12.1. The van der Waals surface area contributed by atoms with Crippen LogP contribution in [-0.4, -0.2) is 35.5 Å². The van der Waals surface area contributed by atoms with Crippen molar-refractivity contribution in [2.45, 2.75) is 30.9 Å². The number of nitrogens with zero attached hydrogens (tertiary/aromatic N) is 1. The lowest BCUT2D eigenvalue weighted by Crippen LogP contribution is -2.45. The maximum absolute atomic E-state index is 12.1. The number of carbonyl (C=O) groups is 1. The molecule has 0 spiro atoms. The molecule has 1 aliphatic carbocycles. The van der Waals surface area contributed by atoms with E-state index in [0.717, 1.165) is 19.3 Å². The van der Waals surface area contributed by atoms with Crippen molar-refractivity contribution in [2.24, 2.45) is 5.73 Å². The Labute approximate surface area is 127 Å². The zero-order valence-electron chi connectivity index (χ0n) is 10.9. The van der Waals surface area contributed by atoms with Gasteiger partial charge in [-0.15, -0.1) is 0 Å². The average molecular weight is 315 g/mol. The number of amides is 1. The lowest BCUT2D eigenvalue weighted by molar-refractivity contribution is -0.132. The summed E-state index contributed by atoms with van der Waals surface area (Å²) in [4.78, 5) is 13.9. The molecule has 3 rings (SSSR count). The molecule has 0 radical (unpaired) electrons. The number of rotatable bonds is 3. The Bertz CT molecular complexity index is 546. The summed E-state index contributed by atoms with van der Waals surface area (Å²) in [5.74, 6) is 0.727. The topological polar surface area (TPSA) is 55.6 Å². The van der Waals surface area contributed by atoms with Crippen LogP contribution in [0.5, 0.6) is 5.75 Å². The predicted octanol–water partition coefficient (Wildman–Crippen LogP) is 2.46. The zero-order valence-corrected chi connectivity index (χ0v) is 12.5. The van der Waals surface area contributed by atoms with Gasteiger partial charge in [-0.1, -0.05) is 23.2 Å². The highest BCUT2D eigenvalue weighted by Gasteiger charge is 2.49. The third kappa shape index (κ3) is 2.73. The Kier molecular flexibility index (Phi) is 3.56. The smallest absolute Gasteiger partial charge is 0.242 e. The SMILES string of the molecule is NC1(C(=O)N2CCC(Oc3ccc(Cl)c(Cl)c3)C2)CC1. The molecule has 0 bridgehead atoms. The van der Waals surface area contributed by atoms with Crippen molar-refractivity contribution < 1.29 is 9.53 Å². The molecule has 1 aromatic carbocycles. The first-order valence-electron chi connectivity index (χ1n) is 6.68. The van der Waals surface area contributed by atoms with Gasteiger partial charge in [0.15, 0.2) is 0 Å². The Balaban J connectivity index is 1.60. The third-order valence-electron chi connectivity index (χ3n) is 3.84. The minimum Gasteiger partial charge on any atom is -0.488 e. The van der Waals surface area contributed by atoms with Gasteiger partial charge in [0.05, 0.1) is 22.1 Å². The molecule has 6 heteroatoms. The molecular weight excluding hydrogens is 299 g/mol. The fraction of sp³-hybridized carbons (Fsp3) is 0.500. The molecule has 20 heavy (non-hydrogen) atoms. The number of benzene rings is 1. The van der Waals surface area contributed by atoms with Crippen LogP contribution >= 0.6 is 23.2 Å². The Morgan fingerprint density at radius 1 is 1.35 bits per heavy atom. The van der Waals surface area contributed by atoms with E-state index in [9.17, 15) is 4.79 Å². The van der Waals surface area contributed by atoms with E-state index in [4.69, 9.17) is 33.7 Å². The highest BCUT2D eigenvalue weighted by Crippen LogP contribution is 2.35. The van der Waals surface area contributed by atoms with E-state index in [1.807, 2.05) is 0 Å². The minimum atomic E-state index is -0.599. The van der Waals surface area contributed by atoms with Crippen LogP contribution in [-0.2, 0) is 4.79 Å². The van der Waals surface area contributed by atoms with Gasteiger partial charge >= 0.3 is 0 Å². The van der Waals surface area contributed by atoms with Gasteiger partial charge in [-0.25, -0.2) is 0 Å². The first kappa shape index (κ1) is 14.0. The summed E-state index contributed by atoms with van der Waals surface area (Å²) in [5.41, 5.74) is 5.34. The van der Waals surface area contributed by atoms with Crippen molar-refractivity contribution in [2.75, 3.05) is 13.1 Å². The molecule has 2 fully saturated rings. The third-order valence-corrected chi connectivity index (χ3v) is 4.58. The van der Waals surface area contributed by atoms with Gasteiger partial charge in [-0.3, -0.25) is 4.79 Å². The van der Waals surface area contributed by atoms with Gasteiger partial charge < -0.3 is 15.4 Å². The van der Waals surface area contributed by atoms with Gasteiger partial charge in [-0.05, 0) is 25.0 Å². The highest BCUT2D eigenvalue weighted by atomic mass is 35.5. The Morgan fingerprint density at radius 3 is 2.75 bits per heavy atom. The fourth-order valence-electron chi connectivity index (χ4n) is 2.41. The number of carbonyl (C=O) groups excluding carboxylic acids is 1. The summed E-state index contributed by atoms with van der Waals surface area (Å²) in [6, 6.07) is 5.18. The number of halogens is 2. The minimum absolute atomic E-state index is 0.0152. The highest BCUT2D eigenvalue weighted by molar-refractivity contribution is 6.42. The molecule has 1 amide bonds. The van der Waals surface area contributed by atoms with E-state index in [1.165, 1.54) is 0 Å².